The average Bonchev–Trinajstić information content (AvgIpc) is 2.99. The van der Waals surface area contributed by atoms with E-state index in [0.717, 1.165) is 5.01 Å². The second kappa shape index (κ2) is 7.65. The monoisotopic (exact) mass is 321 g/mol. The van der Waals surface area contributed by atoms with Crippen LogP contribution in [0.1, 0.15) is 29.5 Å². The Kier molecular flexibility index (Phi) is 5.60. The predicted octanol–water partition coefficient (Wildman–Crippen LogP) is 1.95. The molecular weight excluding hydrogens is 305 g/mol. The van der Waals surface area contributed by atoms with E-state index in [0.29, 0.717) is 18.4 Å². The molecule has 0 spiro atoms. The molecule has 116 valence electrons. The van der Waals surface area contributed by atoms with Gasteiger partial charge in [0.25, 0.3) is 0 Å². The molecule has 0 saturated carbocycles. The van der Waals surface area contributed by atoms with Gasteiger partial charge in [-0.15, -0.1) is 11.3 Å². The number of amides is 2. The molecule has 2 rings (SSSR count). The van der Waals surface area contributed by atoms with E-state index >= 15 is 0 Å². The van der Waals surface area contributed by atoms with E-state index in [1.807, 2.05) is 5.38 Å². The van der Waals surface area contributed by atoms with Gasteiger partial charge in [-0.1, -0.05) is 12.1 Å². The van der Waals surface area contributed by atoms with Gasteiger partial charge in [-0.25, -0.2) is 9.37 Å². The number of hydrogen-bond acceptors (Lipinski definition) is 4. The smallest absolute Gasteiger partial charge is 0.244 e. The number of halogens is 1. The van der Waals surface area contributed by atoms with Crippen molar-refractivity contribution in [2.45, 2.75) is 25.3 Å². The molecule has 1 aromatic heterocycles. The minimum Gasteiger partial charge on any atom is -0.368 e. The minimum absolute atomic E-state index is 0.268. The average molecular weight is 321 g/mol. The molecule has 1 unspecified atom stereocenters. The fourth-order valence-corrected chi connectivity index (χ4v) is 2.65. The summed E-state index contributed by atoms with van der Waals surface area (Å²) in [6.45, 7) is 0. The van der Waals surface area contributed by atoms with Gasteiger partial charge in [0.05, 0.1) is 5.01 Å². The van der Waals surface area contributed by atoms with E-state index in [2.05, 4.69) is 10.3 Å². The van der Waals surface area contributed by atoms with Crippen molar-refractivity contribution in [2.75, 3.05) is 0 Å². The van der Waals surface area contributed by atoms with Crippen molar-refractivity contribution in [3.05, 3.63) is 52.2 Å². The first-order valence-electron chi connectivity index (χ1n) is 6.79. The van der Waals surface area contributed by atoms with E-state index in [1.165, 1.54) is 35.6 Å². The highest BCUT2D eigenvalue weighted by molar-refractivity contribution is 7.09. The molecule has 2 aromatic rings. The van der Waals surface area contributed by atoms with Crippen LogP contribution >= 0.6 is 11.3 Å². The summed E-state index contributed by atoms with van der Waals surface area (Å²) in [6.07, 6.45) is 3.33. The lowest BCUT2D eigenvalue weighted by atomic mass is 10.1. The van der Waals surface area contributed by atoms with Gasteiger partial charge >= 0.3 is 0 Å². The van der Waals surface area contributed by atoms with E-state index in [-0.39, 0.29) is 12.3 Å². The first-order chi connectivity index (χ1) is 10.6. The number of hydrogen-bond donors (Lipinski definition) is 2. The van der Waals surface area contributed by atoms with Crippen LogP contribution in [0.4, 0.5) is 4.39 Å². The summed E-state index contributed by atoms with van der Waals surface area (Å²) in [4.78, 5) is 27.5. The quantitative estimate of drug-likeness (QED) is 0.817. The topological polar surface area (TPSA) is 85.1 Å². The summed E-state index contributed by atoms with van der Waals surface area (Å²) in [5.41, 5.74) is 5.77. The lowest BCUT2D eigenvalue weighted by Crippen LogP contribution is -2.37. The SMILES string of the molecule is NC(=O)C(NC(=O)CCCc1nccs1)c1ccc(F)cc1. The molecule has 22 heavy (non-hydrogen) atoms. The molecular formula is C15H16FN3O2S. The van der Waals surface area contributed by atoms with Crippen molar-refractivity contribution < 1.29 is 14.0 Å². The summed E-state index contributed by atoms with van der Waals surface area (Å²) in [7, 11) is 0. The summed E-state index contributed by atoms with van der Waals surface area (Å²) in [6, 6.07) is 4.36. The minimum atomic E-state index is -0.951. The molecule has 0 aliphatic heterocycles. The Bertz CT molecular complexity index is 629. The number of aryl methyl sites for hydroxylation is 1. The summed E-state index contributed by atoms with van der Waals surface area (Å²) in [5.74, 6) is -1.37. The van der Waals surface area contributed by atoms with Gasteiger partial charge in [0.1, 0.15) is 11.9 Å². The van der Waals surface area contributed by atoms with Crippen LogP contribution in [0.2, 0.25) is 0 Å². The van der Waals surface area contributed by atoms with Crippen molar-refractivity contribution >= 4 is 23.2 Å². The van der Waals surface area contributed by atoms with Crippen LogP contribution in [0.15, 0.2) is 35.8 Å². The number of nitrogens with one attached hydrogen (secondary N) is 1. The summed E-state index contributed by atoms with van der Waals surface area (Å²) >= 11 is 1.54. The second-order valence-corrected chi connectivity index (χ2v) is 5.71. The molecule has 0 aliphatic rings. The normalized spacial score (nSPS) is 11.9. The standard InChI is InChI=1S/C15H16FN3O2S/c16-11-6-4-10(5-7-11)14(15(17)21)19-12(20)2-1-3-13-18-8-9-22-13/h4-9,14H,1-3H2,(H2,17,21)(H,19,20). The van der Waals surface area contributed by atoms with Gasteiger partial charge in [0.15, 0.2) is 0 Å². The number of primary amides is 1. The van der Waals surface area contributed by atoms with Crippen LogP contribution in [0.3, 0.4) is 0 Å². The van der Waals surface area contributed by atoms with Gasteiger partial charge in [-0.05, 0) is 30.5 Å². The Hall–Kier alpha value is -2.28. The maximum Gasteiger partial charge on any atom is 0.244 e. The molecule has 0 saturated heterocycles. The highest BCUT2D eigenvalue weighted by Gasteiger charge is 2.20. The van der Waals surface area contributed by atoms with Crippen molar-refractivity contribution in [3.8, 4) is 0 Å². The molecule has 0 radical (unpaired) electrons. The molecule has 3 N–H and O–H groups in total. The second-order valence-electron chi connectivity index (χ2n) is 4.73. The number of aromatic nitrogens is 1. The summed E-state index contributed by atoms with van der Waals surface area (Å²) < 4.78 is 12.9. The first kappa shape index (κ1) is 16.1. The third-order valence-corrected chi connectivity index (χ3v) is 3.91. The van der Waals surface area contributed by atoms with Gasteiger partial charge in [-0.2, -0.15) is 0 Å². The Balaban J connectivity index is 1.88. The number of carbonyl (C=O) groups is 2. The number of carbonyl (C=O) groups excluding carboxylic acids is 2. The summed E-state index contributed by atoms with van der Waals surface area (Å²) in [5, 5.41) is 5.43. The maximum atomic E-state index is 12.9. The third kappa shape index (κ3) is 4.63. The molecule has 1 heterocycles. The van der Waals surface area contributed by atoms with Crippen molar-refractivity contribution in [2.24, 2.45) is 5.73 Å². The fraction of sp³-hybridized carbons (Fsp3) is 0.267. The lowest BCUT2D eigenvalue weighted by molar-refractivity contribution is -0.127. The lowest BCUT2D eigenvalue weighted by Gasteiger charge is -2.15. The zero-order chi connectivity index (χ0) is 15.9. The number of nitrogens with zero attached hydrogens (tertiary/aromatic N) is 1. The Morgan fingerprint density at radius 2 is 2.05 bits per heavy atom. The highest BCUT2D eigenvalue weighted by atomic mass is 32.1. The molecule has 0 bridgehead atoms. The Morgan fingerprint density at radius 1 is 1.32 bits per heavy atom. The van der Waals surface area contributed by atoms with Crippen LogP contribution in [0, 0.1) is 5.82 Å². The molecule has 5 nitrogen and oxygen atoms in total. The van der Waals surface area contributed by atoms with Crippen LogP contribution in [-0.4, -0.2) is 16.8 Å². The Labute approximate surface area is 131 Å². The maximum absolute atomic E-state index is 12.9. The number of thiazole rings is 1. The number of rotatable bonds is 7. The number of nitrogens with two attached hydrogens (primary N) is 1. The van der Waals surface area contributed by atoms with Crippen LogP contribution in [0.25, 0.3) is 0 Å². The van der Waals surface area contributed by atoms with Gasteiger partial charge in [0.2, 0.25) is 11.8 Å². The molecule has 0 aliphatic carbocycles. The fourth-order valence-electron chi connectivity index (χ4n) is 1.98. The van der Waals surface area contributed by atoms with E-state index in [1.54, 1.807) is 6.20 Å². The van der Waals surface area contributed by atoms with Crippen molar-refractivity contribution in [1.82, 2.24) is 10.3 Å². The third-order valence-electron chi connectivity index (χ3n) is 3.07. The van der Waals surface area contributed by atoms with Crippen molar-refractivity contribution in [1.29, 1.82) is 0 Å². The largest absolute Gasteiger partial charge is 0.368 e. The Morgan fingerprint density at radius 3 is 2.64 bits per heavy atom. The predicted molar refractivity (Wildman–Crippen MR) is 81.5 cm³/mol. The molecule has 1 aromatic carbocycles. The van der Waals surface area contributed by atoms with Crippen LogP contribution in [0.5, 0.6) is 0 Å². The molecule has 7 heteroatoms. The van der Waals surface area contributed by atoms with Crippen LogP contribution in [-0.2, 0) is 16.0 Å². The van der Waals surface area contributed by atoms with Gasteiger partial charge in [-0.3, -0.25) is 9.59 Å². The van der Waals surface area contributed by atoms with E-state index in [4.69, 9.17) is 5.73 Å². The molecule has 0 fully saturated rings. The zero-order valence-corrected chi connectivity index (χ0v) is 12.6. The molecule has 1 atom stereocenters. The number of benzene rings is 1. The van der Waals surface area contributed by atoms with Gasteiger partial charge in [0, 0.05) is 18.0 Å². The van der Waals surface area contributed by atoms with E-state index in [9.17, 15) is 14.0 Å². The molecule has 2 amide bonds. The van der Waals surface area contributed by atoms with Gasteiger partial charge < -0.3 is 11.1 Å². The zero-order valence-electron chi connectivity index (χ0n) is 11.8. The highest BCUT2D eigenvalue weighted by Crippen LogP contribution is 2.14. The first-order valence-corrected chi connectivity index (χ1v) is 7.67. The van der Waals surface area contributed by atoms with Crippen LogP contribution < -0.4 is 11.1 Å². The van der Waals surface area contributed by atoms with E-state index < -0.39 is 17.8 Å². The van der Waals surface area contributed by atoms with Crippen molar-refractivity contribution in [3.63, 3.8) is 0 Å².